The van der Waals surface area contributed by atoms with Crippen LogP contribution in [0.1, 0.15) is 40.8 Å². The van der Waals surface area contributed by atoms with Crippen LogP contribution in [0, 0.1) is 0 Å². The van der Waals surface area contributed by atoms with Crippen LogP contribution in [0.25, 0.3) is 21.5 Å². The highest BCUT2D eigenvalue weighted by atomic mass is 16.5. The molecule has 41 heavy (non-hydrogen) atoms. The molecule has 2 heterocycles. The fourth-order valence-corrected chi connectivity index (χ4v) is 5.89. The number of benzene rings is 6. The summed E-state index contributed by atoms with van der Waals surface area (Å²) in [6, 6.07) is 46.4. The monoisotopic (exact) mass is 532 g/mol. The molecule has 0 fully saturated rings. The molecule has 0 saturated carbocycles. The Morgan fingerprint density at radius 2 is 1.22 bits per heavy atom. The predicted octanol–water partition coefficient (Wildman–Crippen LogP) is 7.83. The molecule has 5 nitrogen and oxygen atoms in total. The number of rotatable bonds is 4. The van der Waals surface area contributed by atoms with Crippen LogP contribution in [0.15, 0.2) is 138 Å². The van der Waals surface area contributed by atoms with Crippen LogP contribution in [0.2, 0.25) is 0 Å². The third-order valence-electron chi connectivity index (χ3n) is 7.97. The second kappa shape index (κ2) is 9.81. The summed E-state index contributed by atoms with van der Waals surface area (Å²) in [5.74, 6) is 1.75. The molecule has 6 aromatic carbocycles. The molecule has 0 saturated heterocycles. The zero-order valence-electron chi connectivity index (χ0n) is 22.3. The van der Waals surface area contributed by atoms with E-state index in [1.807, 2.05) is 30.3 Å². The molecule has 0 radical (unpaired) electrons. The lowest BCUT2D eigenvalue weighted by molar-refractivity contribution is 0.263. The summed E-state index contributed by atoms with van der Waals surface area (Å²) in [5, 5.41) is 15.5. The lowest BCUT2D eigenvalue weighted by Crippen LogP contribution is -2.44. The zero-order valence-corrected chi connectivity index (χ0v) is 22.3. The van der Waals surface area contributed by atoms with E-state index in [-0.39, 0.29) is 18.6 Å². The zero-order chi connectivity index (χ0) is 27.2. The quantitative estimate of drug-likeness (QED) is 0.203. The van der Waals surface area contributed by atoms with Crippen molar-refractivity contribution in [3.05, 3.63) is 156 Å². The number of hydrogen-bond acceptors (Lipinski definition) is 5. The van der Waals surface area contributed by atoms with Gasteiger partial charge in [0.2, 0.25) is 0 Å². The second-order valence-electron chi connectivity index (χ2n) is 10.5. The molecule has 0 aliphatic carbocycles. The smallest absolute Gasteiger partial charge is 0.196 e. The summed E-state index contributed by atoms with van der Waals surface area (Å²) >= 11 is 0. The first-order valence-corrected chi connectivity index (χ1v) is 14.0. The Morgan fingerprint density at radius 1 is 0.585 bits per heavy atom. The highest BCUT2D eigenvalue weighted by molar-refractivity contribution is 6.15. The third-order valence-corrected chi connectivity index (χ3v) is 7.97. The van der Waals surface area contributed by atoms with Crippen molar-refractivity contribution in [3.8, 4) is 5.75 Å². The van der Waals surface area contributed by atoms with E-state index in [1.54, 1.807) is 0 Å². The van der Waals surface area contributed by atoms with Crippen molar-refractivity contribution in [3.63, 3.8) is 0 Å². The van der Waals surface area contributed by atoms with Crippen LogP contribution < -0.4 is 20.7 Å². The van der Waals surface area contributed by atoms with Crippen molar-refractivity contribution in [1.82, 2.24) is 10.6 Å². The van der Waals surface area contributed by atoms with Crippen LogP contribution in [0.3, 0.4) is 0 Å². The van der Waals surface area contributed by atoms with Crippen molar-refractivity contribution in [2.75, 3.05) is 5.32 Å². The van der Waals surface area contributed by atoms with Crippen molar-refractivity contribution >= 4 is 33.1 Å². The molecule has 3 atom stereocenters. The van der Waals surface area contributed by atoms with Gasteiger partial charge in [-0.15, -0.1) is 0 Å². The average Bonchev–Trinajstić information content (AvgIpc) is 3.50. The maximum Gasteiger partial charge on any atom is 0.196 e. The molecule has 0 aromatic heterocycles. The molecule has 3 unspecified atom stereocenters. The number of ether oxygens (including phenoxy) is 1. The van der Waals surface area contributed by atoms with Gasteiger partial charge in [0.15, 0.2) is 12.0 Å². The largest absolute Gasteiger partial charge is 0.464 e. The van der Waals surface area contributed by atoms with Gasteiger partial charge in [0.25, 0.3) is 0 Å². The fourth-order valence-electron chi connectivity index (χ4n) is 5.89. The molecule has 5 heteroatoms. The summed E-state index contributed by atoms with van der Waals surface area (Å²) in [4.78, 5) is 5.16. The van der Waals surface area contributed by atoms with Crippen molar-refractivity contribution in [2.45, 2.75) is 18.6 Å². The molecule has 0 spiro atoms. The normalized spacial score (nSPS) is 19.6. The van der Waals surface area contributed by atoms with Gasteiger partial charge in [-0.3, -0.25) is 5.32 Å². The van der Waals surface area contributed by atoms with Gasteiger partial charge >= 0.3 is 0 Å². The van der Waals surface area contributed by atoms with E-state index in [2.05, 4.69) is 119 Å². The Kier molecular flexibility index (Phi) is 5.68. The first kappa shape index (κ1) is 23.7. The van der Waals surface area contributed by atoms with Gasteiger partial charge in [-0.2, -0.15) is 0 Å². The number of aliphatic imine (C=N–C) groups is 1. The molecule has 0 amide bonds. The summed E-state index contributed by atoms with van der Waals surface area (Å²) < 4.78 is 6.58. The topological polar surface area (TPSA) is 57.7 Å². The van der Waals surface area contributed by atoms with E-state index in [0.29, 0.717) is 0 Å². The first-order chi connectivity index (χ1) is 20.3. The Bertz CT molecular complexity index is 1910. The number of fused-ring (bicyclic) bond motifs is 5. The van der Waals surface area contributed by atoms with Crippen molar-refractivity contribution in [1.29, 1.82) is 0 Å². The molecular formula is C36H28N4O. The van der Waals surface area contributed by atoms with E-state index in [0.717, 1.165) is 61.1 Å². The van der Waals surface area contributed by atoms with Gasteiger partial charge in [0, 0.05) is 16.5 Å². The molecule has 2 aliphatic heterocycles. The number of nitrogens with zero attached hydrogens (tertiary/aromatic N) is 1. The number of hydrogen-bond donors (Lipinski definition) is 3. The van der Waals surface area contributed by atoms with Crippen LogP contribution >= 0.6 is 0 Å². The number of nitrogens with one attached hydrogen (secondary N) is 3. The van der Waals surface area contributed by atoms with Crippen molar-refractivity contribution < 1.29 is 4.74 Å². The van der Waals surface area contributed by atoms with Gasteiger partial charge < -0.3 is 15.4 Å². The minimum Gasteiger partial charge on any atom is -0.464 e. The Hall–Kier alpha value is -5.13. The van der Waals surface area contributed by atoms with Gasteiger partial charge in [0.05, 0.1) is 5.69 Å². The minimum absolute atomic E-state index is 0.0828. The molecule has 3 N–H and O–H groups in total. The molecule has 6 aromatic rings. The Morgan fingerprint density at radius 3 is 1.98 bits per heavy atom. The van der Waals surface area contributed by atoms with Crippen LogP contribution in [0.4, 0.5) is 5.69 Å². The number of anilines is 1. The first-order valence-electron chi connectivity index (χ1n) is 14.0. The van der Waals surface area contributed by atoms with E-state index >= 15 is 0 Å². The highest BCUT2D eigenvalue weighted by Gasteiger charge is 2.28. The maximum atomic E-state index is 6.58. The predicted molar refractivity (Wildman–Crippen MR) is 166 cm³/mol. The summed E-state index contributed by atoms with van der Waals surface area (Å²) in [5.41, 5.74) is 5.44. The molecule has 8 rings (SSSR count). The number of amidine groups is 1. The maximum absolute atomic E-state index is 6.58. The Balaban J connectivity index is 1.25. The molecule has 0 bridgehead atoms. The standard InChI is InChI=1S/C36H28N4O/c1-4-10-25(11-5-1)33-38-34(26-12-6-2-7-13-26)40-35(39-33)28-19-17-23-16-18-24-20-21-30-32(31(24)29(23)22-28)41-36(37-30)27-14-8-3-9-15-27/h1-22,33-34,36-38H,(H,39,40). The Labute approximate surface area is 238 Å². The highest BCUT2D eigenvalue weighted by Crippen LogP contribution is 2.45. The lowest BCUT2D eigenvalue weighted by Gasteiger charge is -2.32. The van der Waals surface area contributed by atoms with Gasteiger partial charge in [-0.1, -0.05) is 121 Å². The van der Waals surface area contributed by atoms with Crippen LogP contribution in [-0.4, -0.2) is 5.84 Å². The van der Waals surface area contributed by atoms with E-state index in [4.69, 9.17) is 9.73 Å². The van der Waals surface area contributed by atoms with Gasteiger partial charge in [-0.05, 0) is 39.4 Å². The SMILES string of the molecule is c1ccc(C2N=C(c3ccc4ccc5ccc6c(c5c4c3)OC(c3ccccc3)N6)NC(c3ccccc3)N2)cc1. The van der Waals surface area contributed by atoms with Crippen LogP contribution in [-0.2, 0) is 0 Å². The second-order valence-corrected chi connectivity index (χ2v) is 10.5. The van der Waals surface area contributed by atoms with E-state index < -0.39 is 0 Å². The lowest BCUT2D eigenvalue weighted by atomic mass is 9.98. The third kappa shape index (κ3) is 4.28. The molecule has 2 aliphatic rings. The van der Waals surface area contributed by atoms with Crippen molar-refractivity contribution in [2.24, 2.45) is 4.99 Å². The fraction of sp³-hybridized carbons (Fsp3) is 0.0833. The van der Waals surface area contributed by atoms with E-state index in [1.165, 1.54) is 0 Å². The summed E-state index contributed by atoms with van der Waals surface area (Å²) in [6.45, 7) is 0. The van der Waals surface area contributed by atoms with Gasteiger partial charge in [0.1, 0.15) is 18.2 Å². The molecular weight excluding hydrogens is 504 g/mol. The van der Waals surface area contributed by atoms with Crippen LogP contribution in [0.5, 0.6) is 5.75 Å². The summed E-state index contributed by atoms with van der Waals surface area (Å²) in [7, 11) is 0. The van der Waals surface area contributed by atoms with E-state index in [9.17, 15) is 0 Å². The van der Waals surface area contributed by atoms with Gasteiger partial charge in [-0.25, -0.2) is 4.99 Å². The minimum atomic E-state index is -0.219. The average molecular weight is 533 g/mol. The summed E-state index contributed by atoms with van der Waals surface area (Å²) in [6.07, 6.45) is -0.478. The molecule has 198 valence electrons.